The summed E-state index contributed by atoms with van der Waals surface area (Å²) in [5, 5.41) is 10.5. The maximum Gasteiger partial charge on any atom is 0.0394 e. The number of nitrogen functional groups attached to an aromatic ring is 1. The van der Waals surface area contributed by atoms with Crippen LogP contribution in [0.2, 0.25) is 0 Å². The van der Waals surface area contributed by atoms with Crippen LogP contribution in [0.3, 0.4) is 0 Å². The molecule has 0 aromatic heterocycles. The number of anilines is 1. The standard InChI is InChI=1S/C22H17N/c1-2-13-9-10-17-16-7-4-8-19-20(23)12-11-18(22(16)19)15-6-3-5-14(13)21(15)17/h3-12H,2,23H2,1H3. The Kier molecular flexibility index (Phi) is 2.41. The molecule has 1 heteroatoms. The van der Waals surface area contributed by atoms with Gasteiger partial charge in [0.05, 0.1) is 0 Å². The fourth-order valence-corrected chi connectivity index (χ4v) is 4.10. The number of hydrogen-bond donors (Lipinski definition) is 1. The third-order valence-corrected chi connectivity index (χ3v) is 5.17. The smallest absolute Gasteiger partial charge is 0.0394 e. The molecule has 0 saturated carbocycles. The van der Waals surface area contributed by atoms with Crippen molar-refractivity contribution in [3.05, 3.63) is 66.2 Å². The van der Waals surface area contributed by atoms with Gasteiger partial charge in [-0.3, -0.25) is 0 Å². The van der Waals surface area contributed by atoms with Gasteiger partial charge in [-0.25, -0.2) is 0 Å². The summed E-state index contributed by atoms with van der Waals surface area (Å²) in [7, 11) is 0. The van der Waals surface area contributed by atoms with Gasteiger partial charge in [0.2, 0.25) is 0 Å². The molecule has 0 unspecified atom stereocenters. The van der Waals surface area contributed by atoms with Crippen molar-refractivity contribution < 1.29 is 0 Å². The number of fused-ring (bicyclic) bond motifs is 2. The van der Waals surface area contributed by atoms with Gasteiger partial charge in [0, 0.05) is 11.1 Å². The highest BCUT2D eigenvalue weighted by molar-refractivity contribution is 6.34. The van der Waals surface area contributed by atoms with Crippen molar-refractivity contribution in [2.45, 2.75) is 13.3 Å². The number of hydrogen-bond acceptors (Lipinski definition) is 1. The molecule has 2 N–H and O–H groups in total. The lowest BCUT2D eigenvalue weighted by Crippen LogP contribution is -1.92. The highest BCUT2D eigenvalue weighted by Gasteiger charge is 2.14. The van der Waals surface area contributed by atoms with E-state index in [9.17, 15) is 0 Å². The summed E-state index contributed by atoms with van der Waals surface area (Å²) >= 11 is 0. The predicted molar refractivity (Wildman–Crippen MR) is 101 cm³/mol. The molecule has 0 aliphatic carbocycles. The molecule has 0 atom stereocenters. The van der Waals surface area contributed by atoms with E-state index >= 15 is 0 Å². The molecule has 5 aromatic rings. The molecule has 0 heterocycles. The molecule has 110 valence electrons. The molecular formula is C22H17N. The van der Waals surface area contributed by atoms with Gasteiger partial charge in [0.1, 0.15) is 0 Å². The fraction of sp³-hybridized carbons (Fsp3) is 0.0909. The molecule has 0 radical (unpaired) electrons. The minimum atomic E-state index is 0.853. The Morgan fingerprint density at radius 2 is 1.13 bits per heavy atom. The van der Waals surface area contributed by atoms with Crippen LogP contribution in [-0.2, 0) is 6.42 Å². The van der Waals surface area contributed by atoms with Crippen molar-refractivity contribution >= 4 is 48.8 Å². The Balaban J connectivity index is 2.22. The quantitative estimate of drug-likeness (QED) is 0.233. The molecule has 0 bridgehead atoms. The second-order valence-electron chi connectivity index (χ2n) is 6.28. The van der Waals surface area contributed by atoms with Gasteiger partial charge in [0.15, 0.2) is 0 Å². The van der Waals surface area contributed by atoms with Crippen LogP contribution in [0, 0.1) is 0 Å². The van der Waals surface area contributed by atoms with Crippen LogP contribution in [0.15, 0.2) is 60.7 Å². The lowest BCUT2D eigenvalue weighted by Gasteiger charge is -2.16. The maximum absolute atomic E-state index is 6.24. The predicted octanol–water partition coefficient (Wildman–Crippen LogP) is 5.88. The van der Waals surface area contributed by atoms with Crippen LogP contribution in [0.5, 0.6) is 0 Å². The van der Waals surface area contributed by atoms with E-state index in [1.54, 1.807) is 0 Å². The van der Waals surface area contributed by atoms with Gasteiger partial charge in [0.25, 0.3) is 0 Å². The van der Waals surface area contributed by atoms with Gasteiger partial charge in [-0.2, -0.15) is 0 Å². The molecule has 0 spiro atoms. The van der Waals surface area contributed by atoms with Crippen LogP contribution >= 0.6 is 0 Å². The number of rotatable bonds is 1. The summed E-state index contributed by atoms with van der Waals surface area (Å²) in [4.78, 5) is 0. The lowest BCUT2D eigenvalue weighted by atomic mass is 9.88. The zero-order valence-electron chi connectivity index (χ0n) is 13.1. The van der Waals surface area contributed by atoms with Crippen molar-refractivity contribution in [1.29, 1.82) is 0 Å². The van der Waals surface area contributed by atoms with Gasteiger partial charge in [-0.15, -0.1) is 0 Å². The number of nitrogens with two attached hydrogens (primary N) is 1. The van der Waals surface area contributed by atoms with Gasteiger partial charge >= 0.3 is 0 Å². The Labute approximate surface area is 134 Å². The molecule has 0 aliphatic heterocycles. The van der Waals surface area contributed by atoms with Crippen molar-refractivity contribution in [1.82, 2.24) is 0 Å². The van der Waals surface area contributed by atoms with E-state index in [0.717, 1.165) is 17.5 Å². The first kappa shape index (κ1) is 12.7. The summed E-state index contributed by atoms with van der Waals surface area (Å²) in [6.07, 6.45) is 1.05. The van der Waals surface area contributed by atoms with E-state index in [-0.39, 0.29) is 0 Å². The zero-order valence-corrected chi connectivity index (χ0v) is 13.1. The summed E-state index contributed by atoms with van der Waals surface area (Å²) in [6.45, 7) is 2.22. The molecule has 0 amide bonds. The first-order valence-electron chi connectivity index (χ1n) is 8.16. The van der Waals surface area contributed by atoms with Crippen molar-refractivity contribution in [3.8, 4) is 0 Å². The van der Waals surface area contributed by atoms with Crippen molar-refractivity contribution in [2.24, 2.45) is 0 Å². The van der Waals surface area contributed by atoms with Crippen LogP contribution in [0.1, 0.15) is 12.5 Å². The molecule has 0 fully saturated rings. The Morgan fingerprint density at radius 1 is 0.609 bits per heavy atom. The van der Waals surface area contributed by atoms with E-state index in [2.05, 4.69) is 61.5 Å². The SMILES string of the molecule is CCc1ccc2c3cccc4c(N)ccc(c5cccc1c52)c43. The topological polar surface area (TPSA) is 26.0 Å². The highest BCUT2D eigenvalue weighted by atomic mass is 14.5. The molecule has 23 heavy (non-hydrogen) atoms. The minimum absolute atomic E-state index is 0.853. The first-order chi connectivity index (χ1) is 11.3. The fourth-order valence-electron chi connectivity index (χ4n) is 4.10. The minimum Gasteiger partial charge on any atom is -0.398 e. The van der Waals surface area contributed by atoms with E-state index in [0.29, 0.717) is 0 Å². The highest BCUT2D eigenvalue weighted by Crippen LogP contribution is 2.42. The van der Waals surface area contributed by atoms with Gasteiger partial charge < -0.3 is 5.73 Å². The average Bonchev–Trinajstić information content (AvgIpc) is 2.60. The second-order valence-corrected chi connectivity index (χ2v) is 6.28. The van der Waals surface area contributed by atoms with Crippen molar-refractivity contribution in [3.63, 3.8) is 0 Å². The monoisotopic (exact) mass is 295 g/mol. The molecule has 0 saturated heterocycles. The Morgan fingerprint density at radius 3 is 1.83 bits per heavy atom. The largest absolute Gasteiger partial charge is 0.398 e. The third kappa shape index (κ3) is 1.52. The van der Waals surface area contributed by atoms with Gasteiger partial charge in [-0.05, 0) is 55.8 Å². The number of aryl methyl sites for hydroxylation is 1. The normalized spacial score (nSPS) is 12.0. The molecule has 5 aromatic carbocycles. The Bertz CT molecular complexity index is 1180. The van der Waals surface area contributed by atoms with Crippen LogP contribution in [-0.4, -0.2) is 0 Å². The summed E-state index contributed by atoms with van der Waals surface area (Å²) < 4.78 is 0. The summed E-state index contributed by atoms with van der Waals surface area (Å²) in [5.41, 5.74) is 8.50. The molecule has 0 aliphatic rings. The van der Waals surface area contributed by atoms with Crippen LogP contribution in [0.25, 0.3) is 43.1 Å². The summed E-state index contributed by atoms with van der Waals surface area (Å²) in [6, 6.07) is 21.9. The van der Waals surface area contributed by atoms with Crippen LogP contribution < -0.4 is 5.73 Å². The third-order valence-electron chi connectivity index (χ3n) is 5.17. The van der Waals surface area contributed by atoms with E-state index < -0.39 is 0 Å². The Hall–Kier alpha value is -2.80. The van der Waals surface area contributed by atoms with E-state index in [1.165, 1.54) is 43.3 Å². The lowest BCUT2D eigenvalue weighted by molar-refractivity contribution is 1.16. The summed E-state index contributed by atoms with van der Waals surface area (Å²) in [5.74, 6) is 0. The molecular weight excluding hydrogens is 278 g/mol. The second kappa shape index (κ2) is 4.36. The van der Waals surface area contributed by atoms with Gasteiger partial charge in [-0.1, -0.05) is 61.5 Å². The first-order valence-corrected chi connectivity index (χ1v) is 8.16. The zero-order chi connectivity index (χ0) is 15.6. The molecule has 1 nitrogen and oxygen atoms in total. The van der Waals surface area contributed by atoms with E-state index in [4.69, 9.17) is 5.73 Å². The molecule has 5 rings (SSSR count). The number of benzene rings is 5. The maximum atomic E-state index is 6.24. The average molecular weight is 295 g/mol. The van der Waals surface area contributed by atoms with E-state index in [1.807, 2.05) is 6.07 Å². The van der Waals surface area contributed by atoms with Crippen molar-refractivity contribution in [2.75, 3.05) is 5.73 Å². The van der Waals surface area contributed by atoms with Crippen LogP contribution in [0.4, 0.5) is 5.69 Å².